The normalized spacial score (nSPS) is 13.0. The summed E-state index contributed by atoms with van der Waals surface area (Å²) in [4.78, 5) is 9.03. The molecule has 0 unspecified atom stereocenters. The lowest BCUT2D eigenvalue weighted by molar-refractivity contribution is 0.514. The van der Waals surface area contributed by atoms with E-state index in [-0.39, 0.29) is 21.7 Å². The van der Waals surface area contributed by atoms with Gasteiger partial charge in [0.2, 0.25) is 0 Å². The van der Waals surface area contributed by atoms with E-state index in [2.05, 4.69) is 105 Å². The molecule has 28 heavy (non-hydrogen) atoms. The predicted octanol–water partition coefficient (Wildman–Crippen LogP) is 7.35. The highest BCUT2D eigenvalue weighted by Crippen LogP contribution is 2.32. The molecule has 0 bridgehead atoms. The van der Waals surface area contributed by atoms with Gasteiger partial charge in [-0.15, -0.1) is 0 Å². The first-order valence-corrected chi connectivity index (χ1v) is 10.4. The number of rotatable bonds is 0. The van der Waals surface area contributed by atoms with Gasteiger partial charge in [-0.25, -0.2) is 0 Å². The minimum Gasteiger partial charge on any atom is -0.260 e. The maximum absolute atomic E-state index is 4.52. The summed E-state index contributed by atoms with van der Waals surface area (Å²) in [6.45, 7) is 26.7. The molecule has 0 aliphatic rings. The molecule has 2 heteroatoms. The van der Waals surface area contributed by atoms with Crippen LogP contribution in [0.15, 0.2) is 36.7 Å². The Balaban J connectivity index is 0.000000280. The third-order valence-electron chi connectivity index (χ3n) is 4.65. The molecule has 0 radical (unpaired) electrons. The lowest BCUT2D eigenvalue weighted by Gasteiger charge is -2.28. The fraction of sp³-hybridized carbons (Fsp3) is 0.615. The Morgan fingerprint density at radius 2 is 0.750 bits per heavy atom. The van der Waals surface area contributed by atoms with Gasteiger partial charge in [0.15, 0.2) is 0 Å². The first-order valence-electron chi connectivity index (χ1n) is 10.4. The molecule has 0 saturated carbocycles. The second-order valence-corrected chi connectivity index (χ2v) is 11.8. The monoisotopic (exact) mass is 382 g/mol. The summed E-state index contributed by atoms with van der Waals surface area (Å²) in [7, 11) is 0. The van der Waals surface area contributed by atoms with Crippen molar-refractivity contribution in [1.82, 2.24) is 9.97 Å². The van der Waals surface area contributed by atoms with Gasteiger partial charge < -0.3 is 0 Å². The van der Waals surface area contributed by atoms with E-state index in [0.29, 0.717) is 0 Å². The molecule has 0 aromatic carbocycles. The molecule has 0 aliphatic carbocycles. The molecule has 156 valence electrons. The van der Waals surface area contributed by atoms with Gasteiger partial charge in [-0.05, 0) is 34.1 Å². The van der Waals surface area contributed by atoms with Crippen molar-refractivity contribution in [2.24, 2.45) is 0 Å². The Morgan fingerprint density at radius 3 is 0.929 bits per heavy atom. The molecule has 0 saturated heterocycles. The van der Waals surface area contributed by atoms with E-state index in [9.17, 15) is 0 Å². The standard InChI is InChI=1S/2C13H21N/c2*1-12(2,3)10-8-7-9-14-11(10)13(4,5)6/h2*7-9H,1-6H3. The van der Waals surface area contributed by atoms with Crippen LogP contribution in [0.3, 0.4) is 0 Å². The van der Waals surface area contributed by atoms with E-state index in [4.69, 9.17) is 0 Å². The molecule has 0 spiro atoms. The highest BCUT2D eigenvalue weighted by molar-refractivity contribution is 5.32. The summed E-state index contributed by atoms with van der Waals surface area (Å²) >= 11 is 0. The van der Waals surface area contributed by atoms with Crippen LogP contribution < -0.4 is 0 Å². The van der Waals surface area contributed by atoms with Gasteiger partial charge in [0.1, 0.15) is 0 Å². The molecule has 0 aliphatic heterocycles. The summed E-state index contributed by atoms with van der Waals surface area (Å²) in [5.74, 6) is 0. The first-order chi connectivity index (χ1) is 12.5. The fourth-order valence-corrected chi connectivity index (χ4v) is 3.22. The molecule has 0 atom stereocenters. The molecule has 2 aromatic heterocycles. The second-order valence-electron chi connectivity index (χ2n) is 11.8. The maximum Gasteiger partial charge on any atom is 0.0494 e. The second kappa shape index (κ2) is 8.35. The van der Waals surface area contributed by atoms with Crippen molar-refractivity contribution >= 4 is 0 Å². The number of pyridine rings is 2. The first kappa shape index (κ1) is 24.3. The number of hydrogen-bond acceptors (Lipinski definition) is 2. The zero-order valence-corrected chi connectivity index (χ0v) is 20.4. The SMILES string of the molecule is CC(C)(C)c1cccnc1C(C)(C)C.CC(C)(C)c1cccnc1C(C)(C)C. The molecule has 2 aromatic rings. The summed E-state index contributed by atoms with van der Waals surface area (Å²) in [5.41, 5.74) is 5.75. The highest BCUT2D eigenvalue weighted by Gasteiger charge is 2.26. The van der Waals surface area contributed by atoms with E-state index >= 15 is 0 Å². The van der Waals surface area contributed by atoms with Gasteiger partial charge in [0, 0.05) is 34.6 Å². The third kappa shape index (κ3) is 6.72. The lowest BCUT2D eigenvalue weighted by atomic mass is 9.78. The minimum atomic E-state index is 0.129. The van der Waals surface area contributed by atoms with Crippen molar-refractivity contribution in [2.75, 3.05) is 0 Å². The largest absolute Gasteiger partial charge is 0.260 e. The van der Waals surface area contributed by atoms with E-state index in [0.717, 1.165) is 0 Å². The quantitative estimate of drug-likeness (QED) is 0.476. The fourth-order valence-electron chi connectivity index (χ4n) is 3.22. The average molecular weight is 383 g/mol. The Labute approximate surface area is 174 Å². The summed E-state index contributed by atoms with van der Waals surface area (Å²) in [6, 6.07) is 8.42. The van der Waals surface area contributed by atoms with Crippen LogP contribution in [0.2, 0.25) is 0 Å². The van der Waals surface area contributed by atoms with Crippen molar-refractivity contribution in [1.29, 1.82) is 0 Å². The highest BCUT2D eigenvalue weighted by atomic mass is 14.7. The van der Waals surface area contributed by atoms with Gasteiger partial charge in [-0.3, -0.25) is 9.97 Å². The molecule has 2 nitrogen and oxygen atoms in total. The zero-order chi connectivity index (χ0) is 22.0. The Bertz CT molecular complexity index is 627. The van der Waals surface area contributed by atoms with Crippen LogP contribution in [0, 0.1) is 0 Å². The minimum absolute atomic E-state index is 0.129. The van der Waals surface area contributed by atoms with E-state index in [1.165, 1.54) is 22.5 Å². The maximum atomic E-state index is 4.52. The third-order valence-corrected chi connectivity index (χ3v) is 4.65. The van der Waals surface area contributed by atoms with Gasteiger partial charge in [0.25, 0.3) is 0 Å². The molecule has 0 amide bonds. The Morgan fingerprint density at radius 1 is 0.464 bits per heavy atom. The average Bonchev–Trinajstić information content (AvgIpc) is 2.52. The van der Waals surface area contributed by atoms with Crippen LogP contribution in [-0.4, -0.2) is 9.97 Å². The van der Waals surface area contributed by atoms with Crippen molar-refractivity contribution < 1.29 is 0 Å². The van der Waals surface area contributed by atoms with E-state index < -0.39 is 0 Å². The van der Waals surface area contributed by atoms with E-state index in [1.54, 1.807) is 0 Å². The molecular formula is C26H42N2. The van der Waals surface area contributed by atoms with Gasteiger partial charge in [0.05, 0.1) is 0 Å². The Kier molecular flexibility index (Phi) is 7.26. The summed E-state index contributed by atoms with van der Waals surface area (Å²) < 4.78 is 0. The van der Waals surface area contributed by atoms with Crippen molar-refractivity contribution in [3.05, 3.63) is 59.2 Å². The summed E-state index contributed by atoms with van der Waals surface area (Å²) in [6.07, 6.45) is 3.77. The van der Waals surface area contributed by atoms with Crippen LogP contribution in [0.5, 0.6) is 0 Å². The van der Waals surface area contributed by atoms with Crippen LogP contribution >= 0.6 is 0 Å². The lowest BCUT2D eigenvalue weighted by Crippen LogP contribution is -2.23. The molecule has 2 heterocycles. The number of aromatic nitrogens is 2. The number of hydrogen-bond donors (Lipinski definition) is 0. The van der Waals surface area contributed by atoms with Crippen molar-refractivity contribution in [2.45, 2.75) is 105 Å². The van der Waals surface area contributed by atoms with Gasteiger partial charge in [-0.1, -0.05) is 95.2 Å². The molecule has 2 rings (SSSR count). The smallest absolute Gasteiger partial charge is 0.0494 e. The number of nitrogens with zero attached hydrogens (tertiary/aromatic N) is 2. The van der Waals surface area contributed by atoms with E-state index in [1.807, 2.05) is 24.5 Å². The van der Waals surface area contributed by atoms with Gasteiger partial charge in [-0.2, -0.15) is 0 Å². The molecule has 0 fully saturated rings. The van der Waals surface area contributed by atoms with Crippen LogP contribution in [0.4, 0.5) is 0 Å². The van der Waals surface area contributed by atoms with Crippen LogP contribution in [-0.2, 0) is 21.7 Å². The van der Waals surface area contributed by atoms with Crippen LogP contribution in [0.25, 0.3) is 0 Å². The molecular weight excluding hydrogens is 340 g/mol. The summed E-state index contributed by atoms with van der Waals surface area (Å²) in [5, 5.41) is 0. The molecule has 0 N–H and O–H groups in total. The van der Waals surface area contributed by atoms with Crippen molar-refractivity contribution in [3.8, 4) is 0 Å². The van der Waals surface area contributed by atoms with Crippen molar-refractivity contribution in [3.63, 3.8) is 0 Å². The van der Waals surface area contributed by atoms with Crippen LogP contribution in [0.1, 0.15) is 106 Å². The zero-order valence-electron chi connectivity index (χ0n) is 20.4. The Hall–Kier alpha value is -1.70. The topological polar surface area (TPSA) is 25.8 Å². The van der Waals surface area contributed by atoms with Gasteiger partial charge >= 0.3 is 0 Å². The predicted molar refractivity (Wildman–Crippen MR) is 123 cm³/mol.